The fraction of sp³-hybridized carbons (Fsp3) is 0.462. The van der Waals surface area contributed by atoms with E-state index in [9.17, 15) is 13.2 Å². The molecule has 2 atom stereocenters. The highest BCUT2D eigenvalue weighted by Crippen LogP contribution is 2.46. The Bertz CT molecular complexity index is 843. The first kappa shape index (κ1) is 25.0. The van der Waals surface area contributed by atoms with Gasteiger partial charge in [0.2, 0.25) is 0 Å². The van der Waals surface area contributed by atoms with Crippen molar-refractivity contribution in [1.82, 2.24) is 0 Å². The van der Waals surface area contributed by atoms with Crippen LogP contribution in [0.2, 0.25) is 0 Å². The summed E-state index contributed by atoms with van der Waals surface area (Å²) < 4.78 is 45.2. The van der Waals surface area contributed by atoms with Crippen molar-refractivity contribution in [1.29, 1.82) is 0 Å². The molecule has 0 radical (unpaired) electrons. The second-order valence-electron chi connectivity index (χ2n) is 8.71. The van der Waals surface area contributed by atoms with Crippen LogP contribution in [0.25, 0.3) is 0 Å². The molecule has 1 aliphatic rings. The molecule has 2 unspecified atom stereocenters. The maximum atomic E-state index is 13.7. The fourth-order valence-electron chi connectivity index (χ4n) is 4.14. The van der Waals surface area contributed by atoms with E-state index in [2.05, 4.69) is 13.2 Å². The molecular weight excluding hydrogens is 399 g/mol. The topological polar surface area (TPSA) is 35.2 Å². The molecule has 1 saturated carbocycles. The third-order valence-corrected chi connectivity index (χ3v) is 6.03. The van der Waals surface area contributed by atoms with Gasteiger partial charge in [-0.1, -0.05) is 43.0 Å². The van der Waals surface area contributed by atoms with Crippen LogP contribution in [0.1, 0.15) is 51.0 Å². The Morgan fingerprint density at radius 3 is 2.65 bits per heavy atom. The summed E-state index contributed by atoms with van der Waals surface area (Å²) in [5.41, 5.74) is 8.51. The highest BCUT2D eigenvalue weighted by atomic mass is 19.3. The summed E-state index contributed by atoms with van der Waals surface area (Å²) in [6.45, 7) is 11.8. The molecule has 0 bridgehead atoms. The van der Waals surface area contributed by atoms with Gasteiger partial charge < -0.3 is 10.5 Å². The second-order valence-corrected chi connectivity index (χ2v) is 8.71. The van der Waals surface area contributed by atoms with Crippen molar-refractivity contribution >= 4 is 0 Å². The van der Waals surface area contributed by atoms with E-state index in [4.69, 9.17) is 10.5 Å². The minimum absolute atomic E-state index is 0.00334. The molecule has 2 nitrogen and oxygen atoms in total. The van der Waals surface area contributed by atoms with Gasteiger partial charge in [0.05, 0.1) is 0 Å². The van der Waals surface area contributed by atoms with Crippen LogP contribution in [0.5, 0.6) is 5.75 Å². The summed E-state index contributed by atoms with van der Waals surface area (Å²) in [4.78, 5) is 0. The molecule has 0 amide bonds. The van der Waals surface area contributed by atoms with Crippen molar-refractivity contribution in [2.24, 2.45) is 11.1 Å². The van der Waals surface area contributed by atoms with Crippen LogP contribution in [0.4, 0.5) is 13.2 Å². The smallest absolute Gasteiger partial charge is 0.263 e. The first-order valence-electron chi connectivity index (χ1n) is 10.8. The maximum Gasteiger partial charge on any atom is 0.263 e. The van der Waals surface area contributed by atoms with E-state index in [0.29, 0.717) is 17.9 Å². The van der Waals surface area contributed by atoms with Crippen LogP contribution in [0.15, 0.2) is 66.3 Å². The van der Waals surface area contributed by atoms with Crippen LogP contribution < -0.4 is 10.5 Å². The van der Waals surface area contributed by atoms with E-state index in [0.717, 1.165) is 49.7 Å². The molecule has 1 aromatic rings. The van der Waals surface area contributed by atoms with Crippen LogP contribution in [-0.4, -0.2) is 19.1 Å². The number of ether oxygens (including phenoxy) is 1. The molecule has 170 valence electrons. The quantitative estimate of drug-likeness (QED) is 0.299. The molecule has 1 aromatic carbocycles. The number of hydrogen-bond acceptors (Lipinski definition) is 2. The Kier molecular flexibility index (Phi) is 9.17. The predicted molar refractivity (Wildman–Crippen MR) is 122 cm³/mol. The van der Waals surface area contributed by atoms with E-state index in [-0.39, 0.29) is 22.8 Å². The Hall–Kier alpha value is -2.27. The lowest BCUT2D eigenvalue weighted by atomic mass is 9.75. The molecule has 5 heteroatoms. The molecule has 0 aromatic heterocycles. The lowest BCUT2D eigenvalue weighted by Crippen LogP contribution is -2.23. The van der Waals surface area contributed by atoms with Crippen molar-refractivity contribution in [3.8, 4) is 5.75 Å². The molecule has 0 saturated heterocycles. The molecular formula is C26H34F3NO. The molecule has 0 aliphatic heterocycles. The van der Waals surface area contributed by atoms with Gasteiger partial charge in [0.1, 0.15) is 18.2 Å². The lowest BCUT2D eigenvalue weighted by molar-refractivity contribution is 0.194. The normalized spacial score (nSPS) is 21.8. The molecule has 1 fully saturated rings. The molecule has 0 heterocycles. The zero-order chi connectivity index (χ0) is 23.0. The summed E-state index contributed by atoms with van der Waals surface area (Å²) >= 11 is 0. The van der Waals surface area contributed by atoms with E-state index in [1.807, 2.05) is 0 Å². The predicted octanol–water partition coefficient (Wildman–Crippen LogP) is 7.06. The van der Waals surface area contributed by atoms with Crippen molar-refractivity contribution in [3.05, 3.63) is 77.7 Å². The van der Waals surface area contributed by atoms with Gasteiger partial charge >= 0.3 is 0 Å². The van der Waals surface area contributed by atoms with Crippen LogP contribution >= 0.6 is 0 Å². The van der Waals surface area contributed by atoms with Gasteiger partial charge in [0.15, 0.2) is 0 Å². The number of aryl methyl sites for hydroxylation is 1. The van der Waals surface area contributed by atoms with E-state index in [1.54, 1.807) is 32.1 Å². The molecule has 2 rings (SSSR count). The third kappa shape index (κ3) is 7.73. The summed E-state index contributed by atoms with van der Waals surface area (Å²) in [6, 6.07) is 4.96. The number of nitrogens with two attached hydrogens (primary N) is 1. The van der Waals surface area contributed by atoms with Gasteiger partial charge in [-0.3, -0.25) is 0 Å². The highest BCUT2D eigenvalue weighted by Gasteiger charge is 2.37. The van der Waals surface area contributed by atoms with E-state index >= 15 is 0 Å². The minimum atomic E-state index is -2.49. The first-order chi connectivity index (χ1) is 14.6. The van der Waals surface area contributed by atoms with E-state index in [1.165, 1.54) is 18.2 Å². The van der Waals surface area contributed by atoms with Crippen molar-refractivity contribution in [2.75, 3.05) is 6.61 Å². The molecule has 2 N–H and O–H groups in total. The maximum absolute atomic E-state index is 13.7. The number of hydrogen-bond donors (Lipinski definition) is 1. The average Bonchev–Trinajstić information content (AvgIpc) is 3.08. The van der Waals surface area contributed by atoms with Crippen molar-refractivity contribution < 1.29 is 17.9 Å². The zero-order valence-corrected chi connectivity index (χ0v) is 18.6. The van der Waals surface area contributed by atoms with Crippen LogP contribution in [-0.2, 0) is 0 Å². The van der Waals surface area contributed by atoms with Gasteiger partial charge in [-0.2, -0.15) is 0 Å². The lowest BCUT2D eigenvalue weighted by Gasteiger charge is -2.30. The number of benzene rings is 1. The van der Waals surface area contributed by atoms with Crippen LogP contribution in [0.3, 0.4) is 0 Å². The van der Waals surface area contributed by atoms with Gasteiger partial charge in [0, 0.05) is 17.7 Å². The Labute approximate surface area is 184 Å². The van der Waals surface area contributed by atoms with Crippen molar-refractivity contribution in [3.63, 3.8) is 0 Å². The zero-order valence-electron chi connectivity index (χ0n) is 18.6. The number of rotatable bonds is 11. The monoisotopic (exact) mass is 433 g/mol. The standard InChI is InChI=1S/C26H34F3NO/c1-5-21(25(28)29)8-6-18(2)15-26(13-11-22(30)16-26)12-10-19(3)17-31-23-9-7-20(4)24(27)14-23/h5-9,14,22,25H,2-3,10-13,15-17,30H2,1,4H3/b8-6-,21-5+. The molecule has 0 spiro atoms. The van der Waals surface area contributed by atoms with Gasteiger partial charge in [-0.25, -0.2) is 13.2 Å². The summed E-state index contributed by atoms with van der Waals surface area (Å²) in [7, 11) is 0. The fourth-order valence-corrected chi connectivity index (χ4v) is 4.14. The van der Waals surface area contributed by atoms with Gasteiger partial charge in [0.25, 0.3) is 6.43 Å². The summed E-state index contributed by atoms with van der Waals surface area (Å²) in [6.07, 6.45) is 7.21. The van der Waals surface area contributed by atoms with Gasteiger partial charge in [-0.05, 0) is 75.0 Å². The van der Waals surface area contributed by atoms with Gasteiger partial charge in [-0.15, -0.1) is 0 Å². The minimum Gasteiger partial charge on any atom is -0.489 e. The summed E-state index contributed by atoms with van der Waals surface area (Å²) in [5.74, 6) is 0.195. The molecule has 31 heavy (non-hydrogen) atoms. The number of halogens is 3. The Morgan fingerprint density at radius 1 is 1.32 bits per heavy atom. The highest BCUT2D eigenvalue weighted by molar-refractivity contribution is 5.29. The van der Waals surface area contributed by atoms with Crippen molar-refractivity contribution in [2.45, 2.75) is 64.8 Å². The number of allylic oxidation sites excluding steroid dienone is 5. The number of alkyl halides is 2. The third-order valence-electron chi connectivity index (χ3n) is 6.03. The average molecular weight is 434 g/mol. The largest absolute Gasteiger partial charge is 0.489 e. The van der Waals surface area contributed by atoms with E-state index < -0.39 is 6.43 Å². The Morgan fingerprint density at radius 2 is 2.06 bits per heavy atom. The first-order valence-corrected chi connectivity index (χ1v) is 10.8. The summed E-state index contributed by atoms with van der Waals surface area (Å²) in [5, 5.41) is 0. The molecule has 1 aliphatic carbocycles. The SMILES string of the molecule is C=C(/C=C\C(=C/C)C(F)F)CC1(CCC(=C)COc2ccc(C)c(F)c2)CCC(N)C1. The Balaban J connectivity index is 1.92. The second kappa shape index (κ2) is 11.4. The van der Waals surface area contributed by atoms with Crippen LogP contribution in [0, 0.1) is 18.2 Å².